The van der Waals surface area contributed by atoms with Crippen LogP contribution in [0.5, 0.6) is 0 Å². The summed E-state index contributed by atoms with van der Waals surface area (Å²) < 4.78 is 0. The van der Waals surface area contributed by atoms with Crippen LogP contribution in [0.3, 0.4) is 0 Å². The summed E-state index contributed by atoms with van der Waals surface area (Å²) in [5.41, 5.74) is 2.18. The molecule has 0 heterocycles. The number of unbranched alkanes of at least 4 members (excludes halogenated alkanes) is 1. The first kappa shape index (κ1) is 8.25. The van der Waals surface area contributed by atoms with Gasteiger partial charge in [0, 0.05) is 5.57 Å². The van der Waals surface area contributed by atoms with E-state index >= 15 is 0 Å². The van der Waals surface area contributed by atoms with Crippen molar-refractivity contribution in [3.8, 4) is 0 Å². The smallest absolute Gasteiger partial charge is 0.182 e. The Hall–Kier alpha value is -0.850. The van der Waals surface area contributed by atoms with E-state index in [4.69, 9.17) is 0 Å². The average molecular weight is 150 g/mol. The summed E-state index contributed by atoms with van der Waals surface area (Å²) in [4.78, 5) is 11.1. The lowest BCUT2D eigenvalue weighted by molar-refractivity contribution is -0.111. The Bertz CT molecular complexity index is 221. The van der Waals surface area contributed by atoms with Gasteiger partial charge < -0.3 is 0 Å². The molecule has 0 spiro atoms. The number of hydrogen-bond donors (Lipinski definition) is 0. The minimum Gasteiger partial charge on any atom is -0.290 e. The van der Waals surface area contributed by atoms with Gasteiger partial charge in [-0.15, -0.1) is 0 Å². The van der Waals surface area contributed by atoms with Crippen molar-refractivity contribution in [3.05, 3.63) is 23.3 Å². The zero-order valence-corrected chi connectivity index (χ0v) is 7.18. The maximum absolute atomic E-state index is 11.1. The predicted molar refractivity (Wildman–Crippen MR) is 46.4 cm³/mol. The van der Waals surface area contributed by atoms with Crippen LogP contribution >= 0.6 is 0 Å². The number of rotatable bonds is 3. The summed E-state index contributed by atoms with van der Waals surface area (Å²) in [5, 5.41) is 0. The van der Waals surface area contributed by atoms with E-state index in [-0.39, 0.29) is 5.78 Å². The van der Waals surface area contributed by atoms with Gasteiger partial charge in [-0.25, -0.2) is 0 Å². The summed E-state index contributed by atoms with van der Waals surface area (Å²) >= 11 is 0. The van der Waals surface area contributed by atoms with Gasteiger partial charge in [0.1, 0.15) is 0 Å². The molecule has 0 aliphatic heterocycles. The number of hydrogen-bond acceptors (Lipinski definition) is 1. The van der Waals surface area contributed by atoms with Gasteiger partial charge in [-0.05, 0) is 31.4 Å². The highest BCUT2D eigenvalue weighted by atomic mass is 16.1. The molecule has 1 nitrogen and oxygen atoms in total. The highest BCUT2D eigenvalue weighted by molar-refractivity contribution is 6.07. The van der Waals surface area contributed by atoms with Crippen molar-refractivity contribution in [3.63, 3.8) is 0 Å². The third-order valence-electron chi connectivity index (χ3n) is 2.04. The zero-order chi connectivity index (χ0) is 8.27. The van der Waals surface area contributed by atoms with Gasteiger partial charge in [0.2, 0.25) is 0 Å². The molecule has 0 amide bonds. The summed E-state index contributed by atoms with van der Waals surface area (Å²) in [5.74, 6) is 0.218. The molecule has 1 aliphatic rings. The van der Waals surface area contributed by atoms with Crippen molar-refractivity contribution in [1.82, 2.24) is 0 Å². The molecule has 0 fully saturated rings. The Balaban J connectivity index is 2.58. The normalized spacial score (nSPS) is 16.7. The average Bonchev–Trinajstić information content (AvgIpc) is 2.29. The Kier molecular flexibility index (Phi) is 2.64. The van der Waals surface area contributed by atoms with Crippen LogP contribution in [0.4, 0.5) is 0 Å². The van der Waals surface area contributed by atoms with Gasteiger partial charge >= 0.3 is 0 Å². The molecule has 0 aromatic carbocycles. The lowest BCUT2D eigenvalue weighted by atomic mass is 10.0. The molecule has 1 aliphatic carbocycles. The molecule has 0 N–H and O–H groups in total. The molecule has 0 aromatic heterocycles. The van der Waals surface area contributed by atoms with Crippen LogP contribution in [0.1, 0.15) is 33.1 Å². The van der Waals surface area contributed by atoms with Crippen molar-refractivity contribution in [1.29, 1.82) is 0 Å². The highest BCUT2D eigenvalue weighted by Gasteiger charge is 2.12. The standard InChI is InChI=1S/C10H14O/c1-3-4-5-9-8(2)6-7-10(9)11/h6-7H,3-5H2,1-2H3. The molecule has 0 aromatic rings. The third-order valence-corrected chi connectivity index (χ3v) is 2.04. The summed E-state index contributed by atoms with van der Waals surface area (Å²) in [6.45, 7) is 4.15. The van der Waals surface area contributed by atoms with Crippen LogP contribution in [0.15, 0.2) is 23.3 Å². The second kappa shape index (κ2) is 3.51. The Labute approximate surface area is 67.8 Å². The maximum Gasteiger partial charge on any atom is 0.182 e. The minimum absolute atomic E-state index is 0.218. The quantitative estimate of drug-likeness (QED) is 0.604. The van der Waals surface area contributed by atoms with Crippen LogP contribution < -0.4 is 0 Å². The molecule has 0 atom stereocenters. The molecular weight excluding hydrogens is 136 g/mol. The van der Waals surface area contributed by atoms with Gasteiger partial charge in [0.15, 0.2) is 5.78 Å². The molecule has 1 heteroatoms. The van der Waals surface area contributed by atoms with Crippen LogP contribution in [-0.2, 0) is 4.79 Å². The predicted octanol–water partition coefficient (Wildman–Crippen LogP) is 2.63. The minimum atomic E-state index is 0.218. The van der Waals surface area contributed by atoms with Crippen molar-refractivity contribution >= 4 is 5.78 Å². The highest BCUT2D eigenvalue weighted by Crippen LogP contribution is 2.20. The first-order valence-electron chi connectivity index (χ1n) is 4.18. The molecular formula is C10H14O. The Morgan fingerprint density at radius 2 is 2.09 bits per heavy atom. The van der Waals surface area contributed by atoms with Crippen LogP contribution in [-0.4, -0.2) is 5.78 Å². The molecule has 1 rings (SSSR count). The lowest BCUT2D eigenvalue weighted by Gasteiger charge is -1.99. The van der Waals surface area contributed by atoms with E-state index in [9.17, 15) is 4.79 Å². The van der Waals surface area contributed by atoms with E-state index < -0.39 is 0 Å². The first-order chi connectivity index (χ1) is 5.25. The Morgan fingerprint density at radius 1 is 1.36 bits per heavy atom. The fraction of sp³-hybridized carbons (Fsp3) is 0.500. The maximum atomic E-state index is 11.1. The van der Waals surface area contributed by atoms with Crippen LogP contribution in [0.25, 0.3) is 0 Å². The number of allylic oxidation sites excluding steroid dienone is 4. The van der Waals surface area contributed by atoms with Crippen molar-refractivity contribution in [2.24, 2.45) is 0 Å². The zero-order valence-electron chi connectivity index (χ0n) is 7.18. The number of carbonyl (C=O) groups is 1. The van der Waals surface area contributed by atoms with Gasteiger partial charge in [0.25, 0.3) is 0 Å². The van der Waals surface area contributed by atoms with E-state index in [0.717, 1.165) is 30.4 Å². The number of ketones is 1. The topological polar surface area (TPSA) is 17.1 Å². The van der Waals surface area contributed by atoms with E-state index in [0.29, 0.717) is 0 Å². The van der Waals surface area contributed by atoms with Gasteiger partial charge in [-0.2, -0.15) is 0 Å². The SMILES string of the molecule is CCCCC1=C(C)C=CC1=O. The summed E-state index contributed by atoms with van der Waals surface area (Å²) in [6.07, 6.45) is 6.81. The second-order valence-electron chi connectivity index (χ2n) is 2.96. The van der Waals surface area contributed by atoms with Gasteiger partial charge in [-0.1, -0.05) is 19.4 Å². The molecule has 60 valence electrons. The van der Waals surface area contributed by atoms with Crippen molar-refractivity contribution < 1.29 is 4.79 Å². The molecule has 0 unspecified atom stereocenters. The summed E-state index contributed by atoms with van der Waals surface area (Å²) in [7, 11) is 0. The van der Waals surface area contributed by atoms with Gasteiger partial charge in [-0.3, -0.25) is 4.79 Å². The molecule has 0 saturated carbocycles. The van der Waals surface area contributed by atoms with Crippen molar-refractivity contribution in [2.45, 2.75) is 33.1 Å². The molecule has 0 bridgehead atoms. The van der Waals surface area contributed by atoms with E-state index in [2.05, 4.69) is 6.92 Å². The third kappa shape index (κ3) is 1.79. The molecule has 0 radical (unpaired) electrons. The fourth-order valence-corrected chi connectivity index (χ4v) is 1.27. The lowest BCUT2D eigenvalue weighted by Crippen LogP contribution is -1.95. The van der Waals surface area contributed by atoms with Crippen LogP contribution in [0.2, 0.25) is 0 Å². The van der Waals surface area contributed by atoms with E-state index in [1.54, 1.807) is 6.08 Å². The second-order valence-corrected chi connectivity index (χ2v) is 2.96. The van der Waals surface area contributed by atoms with Gasteiger partial charge in [0.05, 0.1) is 0 Å². The number of carbonyl (C=O) groups excluding carboxylic acids is 1. The molecule has 11 heavy (non-hydrogen) atoms. The van der Waals surface area contributed by atoms with Crippen LogP contribution in [0, 0.1) is 0 Å². The Morgan fingerprint density at radius 3 is 2.55 bits per heavy atom. The van der Waals surface area contributed by atoms with E-state index in [1.165, 1.54) is 0 Å². The molecule has 0 saturated heterocycles. The van der Waals surface area contributed by atoms with Crippen molar-refractivity contribution in [2.75, 3.05) is 0 Å². The summed E-state index contributed by atoms with van der Waals surface area (Å²) in [6, 6.07) is 0. The van der Waals surface area contributed by atoms with E-state index in [1.807, 2.05) is 13.0 Å². The largest absolute Gasteiger partial charge is 0.290 e. The fourth-order valence-electron chi connectivity index (χ4n) is 1.27. The first-order valence-corrected chi connectivity index (χ1v) is 4.18. The monoisotopic (exact) mass is 150 g/mol.